The molecule has 116 valence electrons. The number of hydrogen-bond donors (Lipinski definition) is 1. The molecule has 0 heterocycles. The summed E-state index contributed by atoms with van der Waals surface area (Å²) in [6, 6.07) is 20.7. The molecule has 0 aromatic heterocycles. The number of hydrogen-bond acceptors (Lipinski definition) is 2. The molecular formula is C20H25NO. The van der Waals surface area contributed by atoms with Gasteiger partial charge in [-0.25, -0.2) is 0 Å². The number of methoxy groups -OCH3 is 1. The van der Waals surface area contributed by atoms with Crippen LogP contribution in [-0.4, -0.2) is 13.2 Å². The molecule has 1 atom stereocenters. The van der Waals surface area contributed by atoms with Crippen molar-refractivity contribution in [3.05, 3.63) is 71.8 Å². The van der Waals surface area contributed by atoms with Gasteiger partial charge in [0.1, 0.15) is 5.60 Å². The van der Waals surface area contributed by atoms with Gasteiger partial charge in [0, 0.05) is 13.2 Å². The van der Waals surface area contributed by atoms with E-state index in [4.69, 9.17) is 10.5 Å². The molecule has 3 rings (SSSR count). The van der Waals surface area contributed by atoms with Gasteiger partial charge in [0.2, 0.25) is 0 Å². The van der Waals surface area contributed by atoms with Crippen molar-refractivity contribution in [2.75, 3.05) is 7.11 Å². The molecule has 2 aromatic carbocycles. The minimum atomic E-state index is -0.572. The Morgan fingerprint density at radius 3 is 1.91 bits per heavy atom. The van der Waals surface area contributed by atoms with Crippen LogP contribution < -0.4 is 5.73 Å². The largest absolute Gasteiger partial charge is 0.367 e. The second-order valence-corrected chi connectivity index (χ2v) is 6.30. The van der Waals surface area contributed by atoms with Crippen LogP contribution in [-0.2, 0) is 10.3 Å². The fourth-order valence-electron chi connectivity index (χ4n) is 3.38. The fourth-order valence-corrected chi connectivity index (χ4v) is 3.38. The van der Waals surface area contributed by atoms with E-state index in [1.807, 2.05) is 12.1 Å². The van der Waals surface area contributed by atoms with E-state index in [-0.39, 0.29) is 6.04 Å². The van der Waals surface area contributed by atoms with Crippen molar-refractivity contribution in [3.8, 4) is 0 Å². The van der Waals surface area contributed by atoms with Crippen LogP contribution in [0.1, 0.15) is 36.8 Å². The molecule has 0 bridgehead atoms. The Balaban J connectivity index is 1.99. The van der Waals surface area contributed by atoms with Crippen LogP contribution in [0, 0.1) is 5.92 Å². The summed E-state index contributed by atoms with van der Waals surface area (Å²) in [4.78, 5) is 0. The van der Waals surface area contributed by atoms with Gasteiger partial charge in [-0.3, -0.25) is 0 Å². The van der Waals surface area contributed by atoms with Crippen molar-refractivity contribution in [2.24, 2.45) is 11.7 Å². The van der Waals surface area contributed by atoms with E-state index < -0.39 is 5.60 Å². The first-order chi connectivity index (χ1) is 10.8. The normalized spacial score (nSPS) is 16.5. The number of rotatable bonds is 7. The summed E-state index contributed by atoms with van der Waals surface area (Å²) in [5.74, 6) is 0.882. The number of ether oxygens (including phenoxy) is 1. The van der Waals surface area contributed by atoms with Gasteiger partial charge in [-0.2, -0.15) is 0 Å². The number of nitrogens with two attached hydrogens (primary N) is 1. The summed E-state index contributed by atoms with van der Waals surface area (Å²) in [5, 5.41) is 0. The SMILES string of the molecule is COC(c1ccccc1)(c1ccccc1)C(N)CCC1CC1. The molecule has 1 saturated carbocycles. The zero-order valence-corrected chi connectivity index (χ0v) is 13.2. The van der Waals surface area contributed by atoms with E-state index in [1.54, 1.807) is 7.11 Å². The zero-order chi connectivity index (χ0) is 15.4. The van der Waals surface area contributed by atoms with Crippen molar-refractivity contribution in [3.63, 3.8) is 0 Å². The van der Waals surface area contributed by atoms with E-state index in [0.717, 1.165) is 23.5 Å². The average molecular weight is 295 g/mol. The van der Waals surface area contributed by atoms with Crippen LogP contribution in [0.15, 0.2) is 60.7 Å². The summed E-state index contributed by atoms with van der Waals surface area (Å²) in [6.07, 6.45) is 4.92. The molecule has 1 aliphatic carbocycles. The Morgan fingerprint density at radius 1 is 1.00 bits per heavy atom. The van der Waals surface area contributed by atoms with Gasteiger partial charge in [-0.1, -0.05) is 73.5 Å². The molecule has 0 amide bonds. The predicted molar refractivity (Wildman–Crippen MR) is 90.6 cm³/mol. The molecule has 0 radical (unpaired) electrons. The lowest BCUT2D eigenvalue weighted by Gasteiger charge is -2.39. The second-order valence-electron chi connectivity index (χ2n) is 6.30. The van der Waals surface area contributed by atoms with Crippen LogP contribution in [0.4, 0.5) is 0 Å². The molecule has 0 aliphatic heterocycles. The average Bonchev–Trinajstić information content (AvgIpc) is 3.40. The third-order valence-electron chi connectivity index (χ3n) is 4.83. The minimum absolute atomic E-state index is 0.0529. The van der Waals surface area contributed by atoms with Gasteiger partial charge in [0.25, 0.3) is 0 Å². The van der Waals surface area contributed by atoms with E-state index in [9.17, 15) is 0 Å². The molecule has 1 fully saturated rings. The van der Waals surface area contributed by atoms with Crippen molar-refractivity contribution in [1.29, 1.82) is 0 Å². The lowest BCUT2D eigenvalue weighted by atomic mass is 9.78. The van der Waals surface area contributed by atoms with Crippen LogP contribution in [0.3, 0.4) is 0 Å². The summed E-state index contributed by atoms with van der Waals surface area (Å²) in [6.45, 7) is 0. The molecule has 2 aromatic rings. The molecule has 0 saturated heterocycles. The van der Waals surface area contributed by atoms with Gasteiger partial charge in [0.15, 0.2) is 0 Å². The van der Waals surface area contributed by atoms with Crippen LogP contribution >= 0.6 is 0 Å². The summed E-state index contributed by atoms with van der Waals surface area (Å²) >= 11 is 0. The highest BCUT2D eigenvalue weighted by molar-refractivity contribution is 5.38. The molecular weight excluding hydrogens is 270 g/mol. The van der Waals surface area contributed by atoms with Crippen LogP contribution in [0.2, 0.25) is 0 Å². The maximum atomic E-state index is 6.68. The standard InChI is InChI=1S/C20H25NO/c1-22-20(17-8-4-2-5-9-17,18-10-6-3-7-11-18)19(21)15-14-16-12-13-16/h2-11,16,19H,12-15,21H2,1H3. The van der Waals surface area contributed by atoms with E-state index in [1.165, 1.54) is 19.3 Å². The molecule has 2 heteroatoms. The summed E-state index contributed by atoms with van der Waals surface area (Å²) < 4.78 is 6.10. The second kappa shape index (κ2) is 6.64. The highest BCUT2D eigenvalue weighted by Gasteiger charge is 2.41. The smallest absolute Gasteiger partial charge is 0.133 e. The third-order valence-corrected chi connectivity index (χ3v) is 4.83. The first-order valence-corrected chi connectivity index (χ1v) is 8.19. The topological polar surface area (TPSA) is 35.2 Å². The monoisotopic (exact) mass is 295 g/mol. The summed E-state index contributed by atoms with van der Waals surface area (Å²) in [5.41, 5.74) is 8.37. The highest BCUT2D eigenvalue weighted by atomic mass is 16.5. The van der Waals surface area contributed by atoms with Gasteiger partial charge in [-0.05, 0) is 29.9 Å². The van der Waals surface area contributed by atoms with Crippen molar-refractivity contribution >= 4 is 0 Å². The Bertz CT molecular complexity index is 538. The third kappa shape index (κ3) is 2.94. The first kappa shape index (κ1) is 15.3. The first-order valence-electron chi connectivity index (χ1n) is 8.19. The molecule has 0 spiro atoms. The highest BCUT2D eigenvalue weighted by Crippen LogP contribution is 2.40. The molecule has 1 aliphatic rings. The Kier molecular flexibility index (Phi) is 4.60. The van der Waals surface area contributed by atoms with Gasteiger partial charge < -0.3 is 10.5 Å². The van der Waals surface area contributed by atoms with Crippen LogP contribution in [0.25, 0.3) is 0 Å². The van der Waals surface area contributed by atoms with E-state index >= 15 is 0 Å². The molecule has 2 N–H and O–H groups in total. The Morgan fingerprint density at radius 2 is 1.50 bits per heavy atom. The molecule has 22 heavy (non-hydrogen) atoms. The van der Waals surface area contributed by atoms with Gasteiger partial charge in [0.05, 0.1) is 0 Å². The maximum absolute atomic E-state index is 6.68. The Hall–Kier alpha value is -1.64. The molecule has 2 nitrogen and oxygen atoms in total. The maximum Gasteiger partial charge on any atom is 0.133 e. The predicted octanol–water partition coefficient (Wildman–Crippen LogP) is 4.09. The summed E-state index contributed by atoms with van der Waals surface area (Å²) in [7, 11) is 1.77. The van der Waals surface area contributed by atoms with Crippen molar-refractivity contribution in [2.45, 2.75) is 37.3 Å². The van der Waals surface area contributed by atoms with E-state index in [2.05, 4.69) is 48.5 Å². The van der Waals surface area contributed by atoms with Crippen LogP contribution in [0.5, 0.6) is 0 Å². The fraction of sp³-hybridized carbons (Fsp3) is 0.400. The lowest BCUT2D eigenvalue weighted by Crippen LogP contribution is -2.48. The van der Waals surface area contributed by atoms with Gasteiger partial charge >= 0.3 is 0 Å². The van der Waals surface area contributed by atoms with Gasteiger partial charge in [-0.15, -0.1) is 0 Å². The van der Waals surface area contributed by atoms with Crippen molar-refractivity contribution < 1.29 is 4.74 Å². The minimum Gasteiger partial charge on any atom is -0.367 e. The molecule has 1 unspecified atom stereocenters. The lowest BCUT2D eigenvalue weighted by molar-refractivity contribution is -0.00362. The number of benzene rings is 2. The van der Waals surface area contributed by atoms with E-state index in [0.29, 0.717) is 0 Å². The zero-order valence-electron chi connectivity index (χ0n) is 13.2. The quantitative estimate of drug-likeness (QED) is 0.835. The van der Waals surface area contributed by atoms with Crippen molar-refractivity contribution in [1.82, 2.24) is 0 Å². The Labute approximate surface area is 133 Å².